The topological polar surface area (TPSA) is 58.4 Å². The highest BCUT2D eigenvalue weighted by Crippen LogP contribution is 2.19. The molecule has 4 heteroatoms. The first-order valence-electron chi connectivity index (χ1n) is 5.70. The van der Waals surface area contributed by atoms with Gasteiger partial charge in [-0.1, -0.05) is 0 Å². The van der Waals surface area contributed by atoms with E-state index < -0.39 is 0 Å². The van der Waals surface area contributed by atoms with Gasteiger partial charge in [0.15, 0.2) is 0 Å². The number of nitrogens with two attached hydrogens (primary N) is 1. The number of rotatable bonds is 3. The van der Waals surface area contributed by atoms with Crippen molar-refractivity contribution in [3.8, 4) is 0 Å². The number of carbonyl (C=O) groups is 1. The predicted molar refractivity (Wildman–Crippen MR) is 61.5 cm³/mol. The van der Waals surface area contributed by atoms with Gasteiger partial charge >= 0.3 is 0 Å². The van der Waals surface area contributed by atoms with Crippen molar-refractivity contribution in [3.63, 3.8) is 0 Å². The highest BCUT2D eigenvalue weighted by molar-refractivity contribution is 5.82. The van der Waals surface area contributed by atoms with Gasteiger partial charge in [-0.25, -0.2) is 0 Å². The molecule has 1 aliphatic rings. The molecule has 0 spiro atoms. The second-order valence-electron chi connectivity index (χ2n) is 4.93. The smallest absolute Gasteiger partial charge is 0.237 e. The molecule has 3 N–H and O–H groups in total. The fourth-order valence-electron chi connectivity index (χ4n) is 1.86. The summed E-state index contributed by atoms with van der Waals surface area (Å²) in [6, 6.07) is -0.0222. The van der Waals surface area contributed by atoms with Crippen molar-refractivity contribution >= 4 is 5.91 Å². The summed E-state index contributed by atoms with van der Waals surface area (Å²) in [5, 5.41) is 2.95. The first kappa shape index (κ1) is 12.5. The Morgan fingerprint density at radius 3 is 2.80 bits per heavy atom. The highest BCUT2D eigenvalue weighted by atomic mass is 16.2. The molecule has 0 aromatic heterocycles. The normalized spacial score (nSPS) is 23.8. The lowest BCUT2D eigenvalue weighted by Crippen LogP contribution is -2.56. The van der Waals surface area contributed by atoms with Gasteiger partial charge in [0.1, 0.15) is 0 Å². The Morgan fingerprint density at radius 1 is 1.53 bits per heavy atom. The SMILES string of the molecule is CN(C1CCCCNC1=O)C(C)(C)CN. The van der Waals surface area contributed by atoms with Crippen LogP contribution in [0.5, 0.6) is 0 Å². The number of nitrogens with one attached hydrogen (secondary N) is 1. The summed E-state index contributed by atoms with van der Waals surface area (Å²) >= 11 is 0. The molecule has 0 aromatic rings. The summed E-state index contributed by atoms with van der Waals surface area (Å²) in [7, 11) is 1.99. The quantitative estimate of drug-likeness (QED) is 0.710. The zero-order valence-corrected chi connectivity index (χ0v) is 10.0. The highest BCUT2D eigenvalue weighted by Gasteiger charge is 2.33. The van der Waals surface area contributed by atoms with Crippen molar-refractivity contribution in [3.05, 3.63) is 0 Å². The van der Waals surface area contributed by atoms with Crippen molar-refractivity contribution in [1.82, 2.24) is 10.2 Å². The van der Waals surface area contributed by atoms with Crippen LogP contribution in [0.3, 0.4) is 0 Å². The lowest BCUT2D eigenvalue weighted by atomic mass is 9.99. The Labute approximate surface area is 92.2 Å². The molecule has 0 radical (unpaired) electrons. The summed E-state index contributed by atoms with van der Waals surface area (Å²) in [5.41, 5.74) is 5.61. The monoisotopic (exact) mass is 213 g/mol. The average molecular weight is 213 g/mol. The number of amides is 1. The zero-order chi connectivity index (χ0) is 11.5. The second kappa shape index (κ2) is 4.94. The van der Waals surface area contributed by atoms with E-state index >= 15 is 0 Å². The summed E-state index contributed by atoms with van der Waals surface area (Å²) < 4.78 is 0. The molecule has 88 valence electrons. The van der Waals surface area contributed by atoms with Crippen LogP contribution < -0.4 is 11.1 Å². The minimum atomic E-state index is -0.119. The molecular formula is C11H23N3O. The molecule has 4 nitrogen and oxygen atoms in total. The van der Waals surface area contributed by atoms with E-state index in [0.29, 0.717) is 6.54 Å². The molecule has 1 amide bonds. The third-order valence-electron chi connectivity index (χ3n) is 3.43. The minimum absolute atomic E-state index is 0.0222. The average Bonchev–Trinajstić information content (AvgIpc) is 2.41. The third-order valence-corrected chi connectivity index (χ3v) is 3.43. The summed E-state index contributed by atoms with van der Waals surface area (Å²) in [4.78, 5) is 13.9. The molecule has 1 saturated heterocycles. The van der Waals surface area contributed by atoms with Gasteiger partial charge in [0.25, 0.3) is 0 Å². The molecule has 0 aromatic carbocycles. The van der Waals surface area contributed by atoms with Gasteiger partial charge in [-0.2, -0.15) is 0 Å². The maximum Gasteiger partial charge on any atom is 0.237 e. The van der Waals surface area contributed by atoms with Gasteiger partial charge in [0.05, 0.1) is 6.04 Å². The maximum atomic E-state index is 11.8. The van der Waals surface area contributed by atoms with Crippen molar-refractivity contribution in [2.45, 2.75) is 44.7 Å². The Hall–Kier alpha value is -0.610. The van der Waals surface area contributed by atoms with Crippen LogP contribution in [0.25, 0.3) is 0 Å². The number of hydrogen-bond acceptors (Lipinski definition) is 3. The van der Waals surface area contributed by atoms with E-state index in [1.807, 2.05) is 7.05 Å². The van der Waals surface area contributed by atoms with Gasteiger partial charge in [0.2, 0.25) is 5.91 Å². The fraction of sp³-hybridized carbons (Fsp3) is 0.909. The van der Waals surface area contributed by atoms with Gasteiger partial charge in [0, 0.05) is 18.6 Å². The van der Waals surface area contributed by atoms with E-state index in [1.165, 1.54) is 0 Å². The van der Waals surface area contributed by atoms with E-state index in [0.717, 1.165) is 25.8 Å². The number of nitrogens with zero attached hydrogens (tertiary/aromatic N) is 1. The van der Waals surface area contributed by atoms with Gasteiger partial charge in [-0.15, -0.1) is 0 Å². The molecule has 1 heterocycles. The second-order valence-corrected chi connectivity index (χ2v) is 4.93. The molecule has 0 aliphatic carbocycles. The predicted octanol–water partition coefficient (Wildman–Crippen LogP) is 0.324. The molecule has 1 atom stereocenters. The van der Waals surface area contributed by atoms with E-state index in [-0.39, 0.29) is 17.5 Å². The van der Waals surface area contributed by atoms with Gasteiger partial charge < -0.3 is 11.1 Å². The van der Waals surface area contributed by atoms with E-state index in [9.17, 15) is 4.79 Å². The Kier molecular flexibility index (Phi) is 4.11. The maximum absolute atomic E-state index is 11.8. The van der Waals surface area contributed by atoms with Crippen LogP contribution in [-0.4, -0.2) is 42.5 Å². The molecule has 1 rings (SSSR count). The van der Waals surface area contributed by atoms with Crippen LogP contribution in [-0.2, 0) is 4.79 Å². The fourth-order valence-corrected chi connectivity index (χ4v) is 1.86. The Morgan fingerprint density at radius 2 is 2.20 bits per heavy atom. The zero-order valence-electron chi connectivity index (χ0n) is 10.0. The van der Waals surface area contributed by atoms with Gasteiger partial charge in [-0.05, 0) is 40.2 Å². The molecule has 15 heavy (non-hydrogen) atoms. The lowest BCUT2D eigenvalue weighted by molar-refractivity contribution is -0.127. The number of likely N-dealkylation sites (N-methyl/N-ethyl adjacent to an activating group) is 1. The molecule has 0 saturated carbocycles. The summed E-state index contributed by atoms with van der Waals surface area (Å²) in [5.74, 6) is 0.150. The van der Waals surface area contributed by atoms with Crippen molar-refractivity contribution < 1.29 is 4.79 Å². The minimum Gasteiger partial charge on any atom is -0.355 e. The number of hydrogen-bond donors (Lipinski definition) is 2. The molecule has 1 fully saturated rings. The standard InChI is InChI=1S/C11H23N3O/c1-11(2,8-12)14(3)9-6-4-5-7-13-10(9)15/h9H,4-8,12H2,1-3H3,(H,13,15). The van der Waals surface area contributed by atoms with Crippen molar-refractivity contribution in [2.24, 2.45) is 5.73 Å². The molecule has 1 unspecified atom stereocenters. The van der Waals surface area contributed by atoms with Gasteiger partial charge in [-0.3, -0.25) is 9.69 Å². The van der Waals surface area contributed by atoms with E-state index in [4.69, 9.17) is 5.73 Å². The van der Waals surface area contributed by atoms with E-state index in [1.54, 1.807) is 0 Å². The van der Waals surface area contributed by atoms with Crippen LogP contribution in [0, 0.1) is 0 Å². The molecular weight excluding hydrogens is 190 g/mol. The Bertz CT molecular complexity index is 228. The van der Waals surface area contributed by atoms with Crippen LogP contribution in [0.4, 0.5) is 0 Å². The third kappa shape index (κ3) is 2.92. The van der Waals surface area contributed by atoms with Crippen LogP contribution in [0.15, 0.2) is 0 Å². The first-order chi connectivity index (χ1) is 6.99. The van der Waals surface area contributed by atoms with Crippen molar-refractivity contribution in [2.75, 3.05) is 20.1 Å². The van der Waals surface area contributed by atoms with Crippen LogP contribution in [0.2, 0.25) is 0 Å². The number of carbonyl (C=O) groups excluding carboxylic acids is 1. The Balaban J connectivity index is 2.71. The lowest BCUT2D eigenvalue weighted by Gasteiger charge is -2.39. The summed E-state index contributed by atoms with van der Waals surface area (Å²) in [6.07, 6.45) is 3.12. The van der Waals surface area contributed by atoms with Crippen molar-refractivity contribution in [1.29, 1.82) is 0 Å². The van der Waals surface area contributed by atoms with E-state index in [2.05, 4.69) is 24.1 Å². The largest absolute Gasteiger partial charge is 0.355 e. The van der Waals surface area contributed by atoms with Crippen LogP contribution in [0.1, 0.15) is 33.1 Å². The molecule has 0 bridgehead atoms. The summed E-state index contributed by atoms with van der Waals surface area (Å²) in [6.45, 7) is 5.52. The molecule has 1 aliphatic heterocycles. The first-order valence-corrected chi connectivity index (χ1v) is 5.70. The van der Waals surface area contributed by atoms with Crippen LogP contribution >= 0.6 is 0 Å².